The summed E-state index contributed by atoms with van der Waals surface area (Å²) in [6, 6.07) is 32.5. The van der Waals surface area contributed by atoms with Gasteiger partial charge in [-0.05, 0) is 84.2 Å². The lowest BCUT2D eigenvalue weighted by Gasteiger charge is -2.26. The van der Waals surface area contributed by atoms with E-state index in [1.807, 2.05) is 77.2 Å². The van der Waals surface area contributed by atoms with Crippen LogP contribution in [0.4, 0.5) is 17.1 Å². The lowest BCUT2D eigenvalue weighted by molar-refractivity contribution is 0.415. The Labute approximate surface area is 227 Å². The number of nitrogens with one attached hydrogen (secondary N) is 1. The molecule has 3 heterocycles. The molecule has 7 nitrogen and oxygen atoms in total. The highest BCUT2D eigenvalue weighted by molar-refractivity contribution is 7.24. The highest BCUT2D eigenvalue weighted by atomic mass is 32.1. The highest BCUT2D eigenvalue weighted by Gasteiger charge is 2.16. The fourth-order valence-corrected chi connectivity index (χ4v) is 5.99. The van der Waals surface area contributed by atoms with Gasteiger partial charge in [0.05, 0.1) is 30.6 Å². The van der Waals surface area contributed by atoms with Crippen molar-refractivity contribution in [2.24, 2.45) is 0 Å². The van der Waals surface area contributed by atoms with Gasteiger partial charge in [0, 0.05) is 21.8 Å². The van der Waals surface area contributed by atoms with Crippen molar-refractivity contribution in [3.05, 3.63) is 103 Å². The molecular weight excluding hydrogens is 506 g/mol. The number of hydrogen-bond donors (Lipinski definition) is 1. The van der Waals surface area contributed by atoms with Gasteiger partial charge < -0.3 is 14.4 Å². The summed E-state index contributed by atoms with van der Waals surface area (Å²) in [5.41, 5.74) is 5.69. The second-order valence-electron chi connectivity index (χ2n) is 9.11. The molecule has 39 heavy (non-hydrogen) atoms. The molecule has 0 bridgehead atoms. The van der Waals surface area contributed by atoms with Gasteiger partial charge >= 0.3 is 0 Å². The number of imidazole rings is 1. The van der Waals surface area contributed by atoms with Crippen molar-refractivity contribution in [1.29, 1.82) is 5.41 Å². The van der Waals surface area contributed by atoms with Gasteiger partial charge in [0.25, 0.3) is 0 Å². The van der Waals surface area contributed by atoms with Crippen LogP contribution in [0.3, 0.4) is 0 Å². The zero-order valence-corrected chi connectivity index (χ0v) is 22.1. The van der Waals surface area contributed by atoms with Crippen LogP contribution in [0.25, 0.3) is 37.0 Å². The van der Waals surface area contributed by atoms with E-state index < -0.39 is 0 Å². The maximum Gasteiger partial charge on any atom is 0.229 e. The monoisotopic (exact) mass is 529 g/mol. The van der Waals surface area contributed by atoms with Crippen molar-refractivity contribution in [2.45, 2.75) is 0 Å². The van der Waals surface area contributed by atoms with E-state index in [1.54, 1.807) is 25.6 Å². The van der Waals surface area contributed by atoms with E-state index in [0.717, 1.165) is 65.5 Å². The van der Waals surface area contributed by atoms with Crippen molar-refractivity contribution < 1.29 is 9.47 Å². The molecule has 0 aliphatic carbocycles. The highest BCUT2D eigenvalue weighted by Crippen LogP contribution is 2.39. The normalized spacial score (nSPS) is 11.4. The number of aromatic nitrogens is 3. The topological polar surface area (TPSA) is 75.7 Å². The van der Waals surface area contributed by atoms with Crippen LogP contribution in [-0.2, 0) is 0 Å². The summed E-state index contributed by atoms with van der Waals surface area (Å²) in [4.78, 5) is 12.5. The molecule has 7 rings (SSSR count). The molecule has 7 aromatic rings. The summed E-state index contributed by atoms with van der Waals surface area (Å²) in [6.07, 6.45) is 0. The molecule has 190 valence electrons. The van der Waals surface area contributed by atoms with Crippen LogP contribution in [0.1, 0.15) is 0 Å². The van der Waals surface area contributed by atoms with Gasteiger partial charge in [-0.2, -0.15) is 0 Å². The lowest BCUT2D eigenvalue weighted by Crippen LogP contribution is -2.16. The molecule has 0 aliphatic rings. The Bertz CT molecular complexity index is 2020. The van der Waals surface area contributed by atoms with E-state index >= 15 is 0 Å². The number of anilines is 3. The molecule has 8 heteroatoms. The van der Waals surface area contributed by atoms with Crippen LogP contribution in [0.2, 0.25) is 0 Å². The molecule has 0 spiro atoms. The van der Waals surface area contributed by atoms with Crippen LogP contribution in [0.5, 0.6) is 11.5 Å². The summed E-state index contributed by atoms with van der Waals surface area (Å²) < 4.78 is 13.7. The minimum atomic E-state index is 0.177. The summed E-state index contributed by atoms with van der Waals surface area (Å²) in [5.74, 6) is 1.60. The quantitative estimate of drug-likeness (QED) is 0.238. The standard InChI is InChI=1S/C31H23N5O2S/c1-37-23-13-9-20(10-14-23)35(21-11-15-24(38-2)16-12-21)22-8-7-19-17-25-29-33-26-5-3-4-6-27(26)36(29)31(32)34-30(25)39-28(19)18-22/h3-18,32H,1-2H3. The molecule has 4 aromatic carbocycles. The van der Waals surface area contributed by atoms with Crippen LogP contribution in [-0.4, -0.2) is 28.6 Å². The fraction of sp³-hybridized carbons (Fsp3) is 0.0645. The lowest BCUT2D eigenvalue weighted by atomic mass is 10.1. The summed E-state index contributed by atoms with van der Waals surface area (Å²) in [5, 5.41) is 10.7. The number of methoxy groups -OCH3 is 2. The molecule has 0 aliphatic heterocycles. The van der Waals surface area contributed by atoms with E-state index in [9.17, 15) is 0 Å². The Hall–Kier alpha value is -4.95. The first-order valence-electron chi connectivity index (χ1n) is 12.4. The second kappa shape index (κ2) is 9.11. The van der Waals surface area contributed by atoms with E-state index in [0.29, 0.717) is 0 Å². The molecule has 0 saturated carbocycles. The third-order valence-electron chi connectivity index (χ3n) is 6.87. The van der Waals surface area contributed by atoms with Crippen LogP contribution in [0, 0.1) is 5.41 Å². The molecule has 0 unspecified atom stereocenters. The zero-order chi connectivity index (χ0) is 26.5. The molecular formula is C31H23N5O2S. The Morgan fingerprint density at radius 1 is 0.744 bits per heavy atom. The number of benzene rings is 4. The number of ether oxygens (including phenoxy) is 2. The molecule has 0 atom stereocenters. The molecule has 0 saturated heterocycles. The molecule has 0 amide bonds. The van der Waals surface area contributed by atoms with E-state index in [2.05, 4.69) is 34.1 Å². The Balaban J connectivity index is 1.42. The second-order valence-corrected chi connectivity index (χ2v) is 10.1. The third-order valence-corrected chi connectivity index (χ3v) is 7.95. The van der Waals surface area contributed by atoms with Crippen molar-refractivity contribution in [3.8, 4) is 11.5 Å². The van der Waals surface area contributed by atoms with Crippen LogP contribution >= 0.6 is 11.3 Å². The predicted octanol–water partition coefficient (Wildman–Crippen LogP) is 7.22. The van der Waals surface area contributed by atoms with E-state index in [1.165, 1.54) is 0 Å². The largest absolute Gasteiger partial charge is 0.497 e. The number of hydrogen-bond acceptors (Lipinski definition) is 7. The average Bonchev–Trinajstić information content (AvgIpc) is 3.38. The van der Waals surface area contributed by atoms with Gasteiger partial charge in [-0.3, -0.25) is 9.81 Å². The first kappa shape index (κ1) is 23.2. The average molecular weight is 530 g/mol. The molecule has 0 radical (unpaired) electrons. The summed E-state index contributed by atoms with van der Waals surface area (Å²) >= 11 is 1.57. The van der Waals surface area contributed by atoms with Gasteiger partial charge in [-0.15, -0.1) is 11.3 Å². The molecule has 1 N–H and O–H groups in total. The summed E-state index contributed by atoms with van der Waals surface area (Å²) in [7, 11) is 3.34. The van der Waals surface area contributed by atoms with Gasteiger partial charge in [0.15, 0.2) is 5.65 Å². The minimum absolute atomic E-state index is 0.177. The number of para-hydroxylation sites is 2. The third kappa shape index (κ3) is 3.84. The number of nitrogens with zero attached hydrogens (tertiary/aromatic N) is 4. The van der Waals surface area contributed by atoms with Crippen molar-refractivity contribution in [1.82, 2.24) is 14.4 Å². The SMILES string of the molecule is COc1ccc(N(c2ccc(OC)cc2)c2ccc3cc4c(nc(=N)n5c6ccccc6nc45)sc3c2)cc1. The Morgan fingerprint density at radius 3 is 2.05 bits per heavy atom. The predicted molar refractivity (Wildman–Crippen MR) is 157 cm³/mol. The Kier molecular flexibility index (Phi) is 5.42. The molecule has 0 fully saturated rings. The van der Waals surface area contributed by atoms with Crippen LogP contribution < -0.4 is 20.0 Å². The fourth-order valence-electron chi connectivity index (χ4n) is 4.97. The Morgan fingerprint density at radius 2 is 1.38 bits per heavy atom. The molecule has 3 aromatic heterocycles. The van der Waals surface area contributed by atoms with E-state index in [4.69, 9.17) is 19.9 Å². The minimum Gasteiger partial charge on any atom is -0.497 e. The first-order valence-corrected chi connectivity index (χ1v) is 13.2. The van der Waals surface area contributed by atoms with Crippen molar-refractivity contribution >= 4 is 65.4 Å². The van der Waals surface area contributed by atoms with Crippen molar-refractivity contribution in [3.63, 3.8) is 0 Å². The number of fused-ring (bicyclic) bond motifs is 6. The van der Waals surface area contributed by atoms with E-state index in [-0.39, 0.29) is 5.62 Å². The maximum absolute atomic E-state index is 8.64. The van der Waals surface area contributed by atoms with Gasteiger partial charge in [0.2, 0.25) is 5.62 Å². The zero-order valence-electron chi connectivity index (χ0n) is 21.3. The van der Waals surface area contributed by atoms with Crippen LogP contribution in [0.15, 0.2) is 97.1 Å². The number of rotatable bonds is 5. The van der Waals surface area contributed by atoms with Crippen molar-refractivity contribution in [2.75, 3.05) is 19.1 Å². The summed E-state index contributed by atoms with van der Waals surface area (Å²) in [6.45, 7) is 0. The van der Waals surface area contributed by atoms with Gasteiger partial charge in [-0.1, -0.05) is 18.2 Å². The van der Waals surface area contributed by atoms with Gasteiger partial charge in [0.1, 0.15) is 16.3 Å². The maximum atomic E-state index is 8.64. The smallest absolute Gasteiger partial charge is 0.229 e. The van der Waals surface area contributed by atoms with Gasteiger partial charge in [-0.25, -0.2) is 9.97 Å². The first-order chi connectivity index (χ1) is 19.1.